The molecule has 0 heterocycles. The molecule has 0 atom stereocenters. The first kappa shape index (κ1) is 15.1. The molecule has 0 saturated carbocycles. The van der Waals surface area contributed by atoms with Crippen molar-refractivity contribution in [1.82, 2.24) is 0 Å². The van der Waals surface area contributed by atoms with Crippen molar-refractivity contribution in [2.45, 2.75) is 0 Å². The molecule has 7 heteroatoms. The molecule has 0 radical (unpaired) electrons. The molecule has 0 aromatic heterocycles. The van der Waals surface area contributed by atoms with Crippen molar-refractivity contribution in [3.05, 3.63) is 0 Å². The Bertz CT molecular complexity index is 141. The molecular formula is C6H10O6Ti. The minimum atomic E-state index is -0.782. The monoisotopic (exact) mass is 226 g/mol. The van der Waals surface area contributed by atoms with Crippen molar-refractivity contribution < 1.29 is 51.0 Å². The predicted molar refractivity (Wildman–Crippen MR) is 36.1 cm³/mol. The Morgan fingerprint density at radius 3 is 1.46 bits per heavy atom. The molecule has 13 heavy (non-hydrogen) atoms. The minimum Gasteiger partial charge on any atom is -0.460 e. The van der Waals surface area contributed by atoms with E-state index in [1.54, 1.807) is 0 Å². The Morgan fingerprint density at radius 2 is 1.23 bits per heavy atom. The summed E-state index contributed by atoms with van der Waals surface area (Å²) in [7, 11) is 0. The zero-order valence-corrected chi connectivity index (χ0v) is 8.42. The Morgan fingerprint density at radius 1 is 0.923 bits per heavy atom. The summed E-state index contributed by atoms with van der Waals surface area (Å²) in [5, 5.41) is 16.3. The van der Waals surface area contributed by atoms with Crippen molar-refractivity contribution in [2.75, 3.05) is 26.4 Å². The molecule has 0 aliphatic carbocycles. The average Bonchev–Trinajstić information content (AvgIpc) is 2.11. The number of esters is 2. The Kier molecular flexibility index (Phi) is 11.2. The Labute approximate surface area is 89.7 Å². The van der Waals surface area contributed by atoms with Crippen molar-refractivity contribution in [1.29, 1.82) is 0 Å². The van der Waals surface area contributed by atoms with Crippen LogP contribution in [-0.2, 0) is 40.8 Å². The number of carbonyl (C=O) groups excluding carboxylic acids is 2. The fourth-order valence-electron chi connectivity index (χ4n) is 0.402. The van der Waals surface area contributed by atoms with Crippen LogP contribution in [0.2, 0.25) is 0 Å². The van der Waals surface area contributed by atoms with E-state index >= 15 is 0 Å². The number of carbonyl (C=O) groups is 2. The molecular weight excluding hydrogens is 216 g/mol. The van der Waals surface area contributed by atoms with Crippen LogP contribution in [0.1, 0.15) is 0 Å². The minimum absolute atomic E-state index is 0. The fraction of sp³-hybridized carbons (Fsp3) is 0.667. The third-order valence-electron chi connectivity index (χ3n) is 0.868. The predicted octanol–water partition coefficient (Wildman–Crippen LogP) is -1.95. The van der Waals surface area contributed by atoms with Crippen LogP contribution in [0.5, 0.6) is 0 Å². The molecule has 0 aliphatic heterocycles. The topological polar surface area (TPSA) is 93.1 Å². The van der Waals surface area contributed by atoms with Crippen LogP contribution in [0.25, 0.3) is 0 Å². The second-order valence-electron chi connectivity index (χ2n) is 1.76. The summed E-state index contributed by atoms with van der Waals surface area (Å²) in [6.07, 6.45) is 0. The number of hydrogen-bond acceptors (Lipinski definition) is 6. The van der Waals surface area contributed by atoms with Gasteiger partial charge in [-0.3, -0.25) is 0 Å². The van der Waals surface area contributed by atoms with Crippen molar-refractivity contribution in [3.8, 4) is 0 Å². The molecule has 0 saturated heterocycles. The van der Waals surface area contributed by atoms with Crippen LogP contribution in [0, 0.1) is 0 Å². The molecule has 2 N–H and O–H groups in total. The second kappa shape index (κ2) is 9.66. The van der Waals surface area contributed by atoms with Crippen LogP contribution in [-0.4, -0.2) is 48.6 Å². The van der Waals surface area contributed by atoms with Crippen molar-refractivity contribution in [3.63, 3.8) is 0 Å². The summed E-state index contributed by atoms with van der Waals surface area (Å²) in [6.45, 7) is -1.64. The zero-order valence-electron chi connectivity index (χ0n) is 6.86. The summed E-state index contributed by atoms with van der Waals surface area (Å²) in [5.74, 6) is -1.56. The van der Waals surface area contributed by atoms with Gasteiger partial charge < -0.3 is 19.7 Å². The Balaban J connectivity index is 0. The van der Waals surface area contributed by atoms with Gasteiger partial charge in [0.15, 0.2) is 0 Å². The summed E-state index contributed by atoms with van der Waals surface area (Å²) in [5.41, 5.74) is 0. The third-order valence-corrected chi connectivity index (χ3v) is 0.868. The summed E-state index contributed by atoms with van der Waals surface area (Å²) in [4.78, 5) is 20.5. The van der Waals surface area contributed by atoms with Gasteiger partial charge in [-0.05, 0) is 0 Å². The van der Waals surface area contributed by atoms with E-state index < -0.39 is 25.2 Å². The van der Waals surface area contributed by atoms with Gasteiger partial charge in [-0.1, -0.05) is 0 Å². The number of ether oxygens (including phenoxy) is 2. The Hall–Kier alpha value is -0.426. The largest absolute Gasteiger partial charge is 0.460 e. The molecule has 0 amide bonds. The quantitative estimate of drug-likeness (QED) is 0.321. The van der Waals surface area contributed by atoms with E-state index in [1.807, 2.05) is 0 Å². The third kappa shape index (κ3) is 9.49. The van der Waals surface area contributed by atoms with Gasteiger partial charge in [0.1, 0.15) is 26.4 Å². The van der Waals surface area contributed by atoms with Crippen molar-refractivity contribution in [2.24, 2.45) is 0 Å². The standard InChI is InChI=1S/C6H10O6.Ti/c7-3-5(9)11-1-2-12-6(10)4-8;/h7-8H,1-4H2;. The van der Waals surface area contributed by atoms with E-state index in [4.69, 9.17) is 10.2 Å². The first-order chi connectivity index (χ1) is 5.70. The van der Waals surface area contributed by atoms with Gasteiger partial charge in [-0.15, -0.1) is 0 Å². The second-order valence-corrected chi connectivity index (χ2v) is 1.76. The molecule has 0 rings (SSSR count). The molecule has 0 spiro atoms. The molecule has 6 nitrogen and oxygen atoms in total. The van der Waals surface area contributed by atoms with Crippen LogP contribution in [0.4, 0.5) is 0 Å². The number of hydrogen-bond donors (Lipinski definition) is 2. The normalized spacial score (nSPS) is 8.46. The maximum absolute atomic E-state index is 10.3. The SMILES string of the molecule is O=C(CO)OCCOC(=O)CO.[Ti]. The molecule has 0 aromatic carbocycles. The number of aliphatic hydroxyl groups excluding tert-OH is 2. The maximum atomic E-state index is 10.3. The van der Waals surface area contributed by atoms with Gasteiger partial charge in [-0.2, -0.15) is 0 Å². The van der Waals surface area contributed by atoms with Gasteiger partial charge in [0, 0.05) is 21.7 Å². The van der Waals surface area contributed by atoms with E-state index in [-0.39, 0.29) is 34.9 Å². The summed E-state index contributed by atoms with van der Waals surface area (Å²) < 4.78 is 8.68. The molecule has 0 bridgehead atoms. The summed E-state index contributed by atoms with van der Waals surface area (Å²) >= 11 is 0. The van der Waals surface area contributed by atoms with Gasteiger partial charge in [0.05, 0.1) is 0 Å². The number of rotatable bonds is 5. The van der Waals surface area contributed by atoms with E-state index in [2.05, 4.69) is 9.47 Å². The van der Waals surface area contributed by atoms with Crippen LogP contribution >= 0.6 is 0 Å². The smallest absolute Gasteiger partial charge is 0.331 e. The fourth-order valence-corrected chi connectivity index (χ4v) is 0.402. The molecule has 0 unspecified atom stereocenters. The molecule has 74 valence electrons. The first-order valence-electron chi connectivity index (χ1n) is 3.23. The van der Waals surface area contributed by atoms with Crippen LogP contribution in [0.15, 0.2) is 0 Å². The average molecular weight is 226 g/mol. The van der Waals surface area contributed by atoms with Gasteiger partial charge in [0.2, 0.25) is 0 Å². The first-order valence-corrected chi connectivity index (χ1v) is 3.23. The van der Waals surface area contributed by atoms with E-state index in [1.165, 1.54) is 0 Å². The van der Waals surface area contributed by atoms with E-state index in [0.29, 0.717) is 0 Å². The van der Waals surface area contributed by atoms with Gasteiger partial charge >= 0.3 is 11.9 Å². The molecule has 0 fully saturated rings. The van der Waals surface area contributed by atoms with Crippen LogP contribution < -0.4 is 0 Å². The molecule has 0 aliphatic rings. The van der Waals surface area contributed by atoms with Crippen LogP contribution in [0.3, 0.4) is 0 Å². The van der Waals surface area contributed by atoms with Gasteiger partial charge in [0.25, 0.3) is 0 Å². The van der Waals surface area contributed by atoms with Gasteiger partial charge in [-0.25, -0.2) is 9.59 Å². The maximum Gasteiger partial charge on any atom is 0.331 e. The number of aliphatic hydroxyl groups is 2. The zero-order chi connectivity index (χ0) is 9.40. The molecule has 0 aromatic rings. The summed E-state index contributed by atoms with van der Waals surface area (Å²) in [6, 6.07) is 0. The van der Waals surface area contributed by atoms with E-state index in [0.717, 1.165) is 0 Å². The van der Waals surface area contributed by atoms with Crippen molar-refractivity contribution >= 4 is 11.9 Å². The van der Waals surface area contributed by atoms with E-state index in [9.17, 15) is 9.59 Å².